The monoisotopic (exact) mass is 464 g/mol. The number of aromatic amines is 2. The van der Waals surface area contributed by atoms with Crippen molar-refractivity contribution in [2.45, 2.75) is 6.54 Å². The third-order valence-electron chi connectivity index (χ3n) is 5.84. The van der Waals surface area contributed by atoms with E-state index in [0.29, 0.717) is 34.5 Å². The zero-order chi connectivity index (χ0) is 23.9. The third-order valence-corrected chi connectivity index (χ3v) is 5.84. The Bertz CT molecular complexity index is 1670. The first-order valence-electron chi connectivity index (χ1n) is 11.1. The number of halogens is 1. The van der Waals surface area contributed by atoms with Crippen molar-refractivity contribution in [3.05, 3.63) is 78.8 Å². The molecule has 6 aromatic rings. The van der Waals surface area contributed by atoms with Crippen molar-refractivity contribution in [3.63, 3.8) is 0 Å². The van der Waals surface area contributed by atoms with Crippen LogP contribution in [0.5, 0.6) is 0 Å². The quantitative estimate of drug-likeness (QED) is 0.379. The molecule has 0 saturated carbocycles. The summed E-state index contributed by atoms with van der Waals surface area (Å²) in [6, 6.07) is 11.7. The van der Waals surface area contributed by atoms with Gasteiger partial charge in [0.25, 0.3) is 0 Å². The second-order valence-corrected chi connectivity index (χ2v) is 8.62. The number of pyridine rings is 3. The number of imidazole rings is 1. The lowest BCUT2D eigenvalue weighted by Gasteiger charge is -2.10. The van der Waals surface area contributed by atoms with Crippen molar-refractivity contribution in [3.8, 4) is 33.9 Å². The Morgan fingerprint density at radius 2 is 1.77 bits per heavy atom. The van der Waals surface area contributed by atoms with Crippen LogP contribution in [0.4, 0.5) is 4.39 Å². The van der Waals surface area contributed by atoms with Gasteiger partial charge < -0.3 is 9.88 Å². The topological polar surface area (TPSA) is 99.3 Å². The Labute approximate surface area is 199 Å². The highest BCUT2D eigenvalue weighted by atomic mass is 19.1. The lowest BCUT2D eigenvalue weighted by Crippen LogP contribution is -2.10. The van der Waals surface area contributed by atoms with Gasteiger partial charge in [-0.15, -0.1) is 0 Å². The van der Waals surface area contributed by atoms with Gasteiger partial charge in [0.05, 0.1) is 28.1 Å². The van der Waals surface area contributed by atoms with Gasteiger partial charge in [0.1, 0.15) is 11.4 Å². The molecule has 6 rings (SSSR count). The molecule has 2 N–H and O–H groups in total. The maximum atomic E-state index is 15.9. The number of fused-ring (bicyclic) bond motifs is 2. The van der Waals surface area contributed by atoms with E-state index in [2.05, 4.69) is 30.1 Å². The van der Waals surface area contributed by atoms with Crippen LogP contribution in [0.15, 0.2) is 67.4 Å². The average Bonchev–Trinajstić information content (AvgIpc) is 3.49. The van der Waals surface area contributed by atoms with Crippen LogP contribution in [0.2, 0.25) is 0 Å². The molecule has 0 aliphatic carbocycles. The fourth-order valence-corrected chi connectivity index (χ4v) is 4.33. The second kappa shape index (κ2) is 8.37. The SMILES string of the molecule is CN(C)Cc1cncc(-c2ncc3[nH]nc(-c4nc5c(-c6ccncc6)cccc5[nH]4)c3c2F)c1. The number of nitrogens with one attached hydrogen (secondary N) is 2. The first kappa shape index (κ1) is 21.1. The highest BCUT2D eigenvalue weighted by Crippen LogP contribution is 2.34. The average molecular weight is 465 g/mol. The number of para-hydroxylation sites is 1. The van der Waals surface area contributed by atoms with Gasteiger partial charge in [0.2, 0.25) is 0 Å². The number of H-pyrrole nitrogens is 2. The minimum Gasteiger partial charge on any atom is -0.337 e. The van der Waals surface area contributed by atoms with Gasteiger partial charge in [-0.3, -0.25) is 20.1 Å². The van der Waals surface area contributed by atoms with Crippen molar-refractivity contribution in [1.82, 2.24) is 40.0 Å². The standard InChI is InChI=1S/C26H21FN8/c1-35(2)14-15-10-17(12-29-11-15)23-22(27)21-20(13-30-23)33-34-25(21)26-31-19-5-3-4-18(24(19)32-26)16-6-8-28-9-7-16/h3-13H,14H2,1-2H3,(H,31,32)(H,33,34). The molecule has 0 spiro atoms. The van der Waals surface area contributed by atoms with Gasteiger partial charge in [-0.1, -0.05) is 12.1 Å². The number of aromatic nitrogens is 7. The van der Waals surface area contributed by atoms with Crippen LogP contribution in [0.1, 0.15) is 5.56 Å². The number of hydrogen-bond acceptors (Lipinski definition) is 6. The summed E-state index contributed by atoms with van der Waals surface area (Å²) in [5, 5.41) is 7.61. The molecule has 0 aliphatic heterocycles. The van der Waals surface area contributed by atoms with E-state index in [0.717, 1.165) is 27.7 Å². The van der Waals surface area contributed by atoms with Crippen molar-refractivity contribution in [1.29, 1.82) is 0 Å². The van der Waals surface area contributed by atoms with E-state index in [4.69, 9.17) is 4.98 Å². The summed E-state index contributed by atoms with van der Waals surface area (Å²) in [5.41, 5.74) is 6.27. The Balaban J connectivity index is 1.49. The van der Waals surface area contributed by atoms with E-state index >= 15 is 4.39 Å². The van der Waals surface area contributed by atoms with Gasteiger partial charge in [-0.25, -0.2) is 9.37 Å². The Kier molecular flexibility index (Phi) is 5.04. The molecular formula is C26H21FN8. The fraction of sp³-hybridized carbons (Fsp3) is 0.115. The van der Waals surface area contributed by atoms with E-state index in [1.807, 2.05) is 55.4 Å². The van der Waals surface area contributed by atoms with Crippen molar-refractivity contribution in [2.75, 3.05) is 14.1 Å². The molecule has 172 valence electrons. The summed E-state index contributed by atoms with van der Waals surface area (Å²) in [4.78, 5) is 22.9. The van der Waals surface area contributed by atoms with Gasteiger partial charge in [0.15, 0.2) is 11.6 Å². The Hall–Kier alpha value is -4.50. The predicted molar refractivity (Wildman–Crippen MR) is 133 cm³/mol. The summed E-state index contributed by atoms with van der Waals surface area (Å²) >= 11 is 0. The third kappa shape index (κ3) is 3.71. The molecule has 0 aliphatic rings. The number of nitrogens with zero attached hydrogens (tertiary/aromatic N) is 6. The Morgan fingerprint density at radius 3 is 2.60 bits per heavy atom. The number of rotatable bonds is 5. The van der Waals surface area contributed by atoms with Crippen molar-refractivity contribution >= 4 is 21.9 Å². The van der Waals surface area contributed by atoms with Crippen LogP contribution in [-0.2, 0) is 6.54 Å². The molecule has 1 aromatic carbocycles. The summed E-state index contributed by atoms with van der Waals surface area (Å²) in [6.07, 6.45) is 8.48. The lowest BCUT2D eigenvalue weighted by molar-refractivity contribution is 0.402. The van der Waals surface area contributed by atoms with Crippen molar-refractivity contribution < 1.29 is 4.39 Å². The molecule has 5 heterocycles. The maximum Gasteiger partial charge on any atom is 0.161 e. The normalized spacial score (nSPS) is 11.7. The van der Waals surface area contributed by atoms with Crippen molar-refractivity contribution in [2.24, 2.45) is 0 Å². The van der Waals surface area contributed by atoms with Crippen LogP contribution in [0.25, 0.3) is 55.8 Å². The first-order chi connectivity index (χ1) is 17.1. The van der Waals surface area contributed by atoms with E-state index in [9.17, 15) is 0 Å². The van der Waals surface area contributed by atoms with E-state index in [1.54, 1.807) is 31.0 Å². The molecule has 35 heavy (non-hydrogen) atoms. The molecule has 0 fully saturated rings. The minimum absolute atomic E-state index is 0.224. The Morgan fingerprint density at radius 1 is 0.914 bits per heavy atom. The fourth-order valence-electron chi connectivity index (χ4n) is 4.33. The smallest absolute Gasteiger partial charge is 0.161 e. The first-order valence-corrected chi connectivity index (χ1v) is 11.1. The van der Waals surface area contributed by atoms with Gasteiger partial charge in [-0.05, 0) is 49.5 Å². The van der Waals surface area contributed by atoms with Gasteiger partial charge in [0, 0.05) is 42.5 Å². The molecule has 0 unspecified atom stereocenters. The van der Waals surface area contributed by atoms with Crippen LogP contribution < -0.4 is 0 Å². The second-order valence-electron chi connectivity index (χ2n) is 8.62. The highest BCUT2D eigenvalue weighted by Gasteiger charge is 2.21. The summed E-state index contributed by atoms with van der Waals surface area (Å²) in [7, 11) is 3.95. The van der Waals surface area contributed by atoms with Crippen LogP contribution in [-0.4, -0.2) is 54.1 Å². The van der Waals surface area contributed by atoms with Crippen LogP contribution >= 0.6 is 0 Å². The molecule has 0 atom stereocenters. The van der Waals surface area contributed by atoms with E-state index in [1.165, 1.54) is 0 Å². The zero-order valence-electron chi connectivity index (χ0n) is 19.1. The van der Waals surface area contributed by atoms with E-state index in [-0.39, 0.29) is 5.69 Å². The maximum absolute atomic E-state index is 15.9. The van der Waals surface area contributed by atoms with Gasteiger partial charge in [-0.2, -0.15) is 5.10 Å². The molecule has 0 radical (unpaired) electrons. The van der Waals surface area contributed by atoms with Crippen LogP contribution in [0, 0.1) is 5.82 Å². The summed E-state index contributed by atoms with van der Waals surface area (Å²) in [5.74, 6) is 0.00755. The van der Waals surface area contributed by atoms with E-state index < -0.39 is 5.82 Å². The number of benzene rings is 1. The zero-order valence-corrected chi connectivity index (χ0v) is 19.1. The molecule has 0 bridgehead atoms. The highest BCUT2D eigenvalue weighted by molar-refractivity contribution is 5.98. The van der Waals surface area contributed by atoms with Crippen LogP contribution in [0.3, 0.4) is 0 Å². The molecule has 0 amide bonds. The molecular weight excluding hydrogens is 443 g/mol. The minimum atomic E-state index is -0.468. The lowest BCUT2D eigenvalue weighted by atomic mass is 10.1. The number of hydrogen-bond donors (Lipinski definition) is 2. The largest absolute Gasteiger partial charge is 0.337 e. The molecule has 0 saturated heterocycles. The van der Waals surface area contributed by atoms with Gasteiger partial charge >= 0.3 is 0 Å². The molecule has 9 heteroatoms. The predicted octanol–water partition coefficient (Wildman–Crippen LogP) is 4.83. The molecule has 8 nitrogen and oxygen atoms in total. The summed E-state index contributed by atoms with van der Waals surface area (Å²) < 4.78 is 15.9. The summed E-state index contributed by atoms with van der Waals surface area (Å²) in [6.45, 7) is 0.695. The molecule has 5 aromatic heterocycles.